The number of benzene rings is 11. The molecular formula is C68H46N4O2. The second-order valence-electron chi connectivity index (χ2n) is 18.4. The molecule has 0 bridgehead atoms. The summed E-state index contributed by atoms with van der Waals surface area (Å²) in [4.78, 5) is 35.6. The maximum Gasteiger partial charge on any atom is 0.195 e. The summed E-state index contributed by atoms with van der Waals surface area (Å²) in [7, 11) is 0. The highest BCUT2D eigenvalue weighted by atomic mass is 16.1. The van der Waals surface area contributed by atoms with Gasteiger partial charge in [0.2, 0.25) is 0 Å². The van der Waals surface area contributed by atoms with Gasteiger partial charge in [0.05, 0.1) is 33.4 Å². The van der Waals surface area contributed by atoms with Crippen molar-refractivity contribution in [2.75, 3.05) is 9.80 Å². The van der Waals surface area contributed by atoms with Crippen LogP contribution in [-0.2, 0) is 0 Å². The van der Waals surface area contributed by atoms with E-state index in [2.05, 4.69) is 189 Å². The Kier molecular flexibility index (Phi) is 11.1. The topological polar surface area (TPSA) is 50.5 Å². The highest BCUT2D eigenvalue weighted by Crippen LogP contribution is 2.44. The van der Waals surface area contributed by atoms with E-state index in [1.807, 2.05) is 109 Å². The minimum absolute atomic E-state index is 0.160. The van der Waals surface area contributed by atoms with Crippen molar-refractivity contribution >= 4 is 89.3 Å². The van der Waals surface area contributed by atoms with Gasteiger partial charge in [-0.3, -0.25) is 9.59 Å². The highest BCUT2D eigenvalue weighted by Gasteiger charge is 2.28. The number of aromatic nitrogens is 2. The monoisotopic (exact) mass is 950 g/mol. The quantitative estimate of drug-likeness (QED) is 0.115. The molecule has 0 aliphatic rings. The Morgan fingerprint density at radius 1 is 0.257 bits per heavy atom. The van der Waals surface area contributed by atoms with Crippen molar-refractivity contribution in [3.8, 4) is 11.4 Å². The van der Waals surface area contributed by atoms with E-state index in [4.69, 9.17) is 0 Å². The van der Waals surface area contributed by atoms with Crippen LogP contribution in [0.15, 0.2) is 279 Å². The third-order valence-electron chi connectivity index (χ3n) is 14.0. The molecule has 0 amide bonds. The minimum atomic E-state index is -0.160. The molecule has 6 nitrogen and oxygen atoms in total. The van der Waals surface area contributed by atoms with Crippen LogP contribution in [0.2, 0.25) is 0 Å². The first-order chi connectivity index (χ1) is 36.6. The molecule has 2 aromatic heterocycles. The fourth-order valence-corrected chi connectivity index (χ4v) is 10.7. The van der Waals surface area contributed by atoms with Gasteiger partial charge >= 0.3 is 0 Å². The third-order valence-corrected chi connectivity index (χ3v) is 14.0. The summed E-state index contributed by atoms with van der Waals surface area (Å²) in [6.07, 6.45) is 0. The Labute approximate surface area is 428 Å². The molecule has 0 spiro atoms. The minimum Gasteiger partial charge on any atom is -0.310 e. The molecule has 13 aromatic rings. The van der Waals surface area contributed by atoms with Gasteiger partial charge in [-0.2, -0.15) is 0 Å². The van der Waals surface area contributed by atoms with Crippen LogP contribution in [0, 0.1) is 0 Å². The maximum absolute atomic E-state index is 15.6. The molecular weight excluding hydrogens is 905 g/mol. The molecule has 2 heterocycles. The van der Waals surface area contributed by atoms with Crippen LogP contribution in [0.25, 0.3) is 55.0 Å². The molecule has 0 saturated heterocycles. The maximum atomic E-state index is 15.6. The summed E-state index contributed by atoms with van der Waals surface area (Å²) in [6, 6.07) is 94.0. The number of nitrogens with zero attached hydrogens (tertiary/aromatic N) is 4. The number of anilines is 6. The van der Waals surface area contributed by atoms with E-state index in [1.54, 1.807) is 0 Å². The van der Waals surface area contributed by atoms with E-state index in [0.717, 1.165) is 77.7 Å². The molecule has 0 atom stereocenters. The van der Waals surface area contributed by atoms with E-state index >= 15 is 9.59 Å². The van der Waals surface area contributed by atoms with Gasteiger partial charge in [0.25, 0.3) is 0 Å². The average molecular weight is 951 g/mol. The van der Waals surface area contributed by atoms with E-state index < -0.39 is 0 Å². The zero-order chi connectivity index (χ0) is 49.5. The zero-order valence-electron chi connectivity index (χ0n) is 40.2. The fourth-order valence-electron chi connectivity index (χ4n) is 10.7. The van der Waals surface area contributed by atoms with E-state index in [1.165, 1.54) is 0 Å². The zero-order valence-corrected chi connectivity index (χ0v) is 40.2. The number of carbonyl (C=O) groups excluding carboxylic acids is 2. The van der Waals surface area contributed by atoms with E-state index in [9.17, 15) is 0 Å². The lowest BCUT2D eigenvalue weighted by molar-refractivity contribution is 0.102. The van der Waals surface area contributed by atoms with Crippen LogP contribution in [-0.4, -0.2) is 20.7 Å². The third kappa shape index (κ3) is 7.61. The molecule has 0 radical (unpaired) electrons. The first-order valence-electron chi connectivity index (χ1n) is 24.8. The molecule has 0 saturated carbocycles. The number of carbonyl (C=O) groups is 2. The van der Waals surface area contributed by atoms with Gasteiger partial charge in [-0.05, 0) is 109 Å². The van der Waals surface area contributed by atoms with Gasteiger partial charge in [-0.25, -0.2) is 0 Å². The first-order valence-corrected chi connectivity index (χ1v) is 24.8. The van der Waals surface area contributed by atoms with Gasteiger partial charge < -0.3 is 18.9 Å². The smallest absolute Gasteiger partial charge is 0.195 e. The number of hydrogen-bond donors (Lipinski definition) is 0. The fraction of sp³-hybridized carbons (Fsp3) is 0. The molecule has 0 N–H and O–H groups in total. The molecule has 13 rings (SSSR count). The van der Waals surface area contributed by atoms with Crippen LogP contribution < -0.4 is 9.80 Å². The Hall–Kier alpha value is -10.0. The number of hydrogen-bond acceptors (Lipinski definition) is 4. The number of ketones is 2. The summed E-state index contributed by atoms with van der Waals surface area (Å²) < 4.78 is 4.34. The molecule has 0 aliphatic carbocycles. The van der Waals surface area contributed by atoms with Crippen LogP contribution in [0.1, 0.15) is 31.8 Å². The van der Waals surface area contributed by atoms with Crippen LogP contribution in [0.4, 0.5) is 34.1 Å². The van der Waals surface area contributed by atoms with Crippen molar-refractivity contribution in [3.63, 3.8) is 0 Å². The SMILES string of the molecule is O=C(c1ccccc1)c1cc(-n2c3ccccc3c3cc(N(c4ccccc4)c4ccccc4)ccc32)c(C(=O)c2ccccc2)cc1-n1c2ccccc2c2cc(N(c3ccccc3)c3ccccc3)ccc21. The molecule has 11 aromatic carbocycles. The van der Waals surface area contributed by atoms with Crippen molar-refractivity contribution in [1.82, 2.24) is 9.13 Å². The van der Waals surface area contributed by atoms with Crippen molar-refractivity contribution in [1.29, 1.82) is 0 Å². The van der Waals surface area contributed by atoms with Gasteiger partial charge in [0, 0.05) is 77.9 Å². The van der Waals surface area contributed by atoms with Crippen molar-refractivity contribution in [2.24, 2.45) is 0 Å². The van der Waals surface area contributed by atoms with Gasteiger partial charge in [-0.1, -0.05) is 170 Å². The number of fused-ring (bicyclic) bond motifs is 6. The molecule has 0 unspecified atom stereocenters. The summed E-state index contributed by atoms with van der Waals surface area (Å²) >= 11 is 0. The molecule has 6 heteroatoms. The number of rotatable bonds is 12. The second-order valence-corrected chi connectivity index (χ2v) is 18.4. The lowest BCUT2D eigenvalue weighted by Crippen LogP contribution is -2.14. The van der Waals surface area contributed by atoms with Gasteiger partial charge in [0.15, 0.2) is 11.6 Å². The van der Waals surface area contributed by atoms with E-state index in [-0.39, 0.29) is 11.6 Å². The molecule has 0 fully saturated rings. The predicted octanol–water partition coefficient (Wildman–Crippen LogP) is 17.3. The summed E-state index contributed by atoms with van der Waals surface area (Å²) in [5.41, 5.74) is 12.9. The molecule has 0 aliphatic heterocycles. The van der Waals surface area contributed by atoms with Crippen LogP contribution in [0.3, 0.4) is 0 Å². The Morgan fingerprint density at radius 2 is 0.541 bits per heavy atom. The molecule has 350 valence electrons. The van der Waals surface area contributed by atoms with Gasteiger partial charge in [-0.15, -0.1) is 0 Å². The summed E-state index contributed by atoms with van der Waals surface area (Å²) in [6.45, 7) is 0. The normalized spacial score (nSPS) is 11.4. The predicted molar refractivity (Wildman–Crippen MR) is 304 cm³/mol. The largest absolute Gasteiger partial charge is 0.310 e. The Bertz CT molecular complexity index is 3860. The second kappa shape index (κ2) is 18.6. The average Bonchev–Trinajstić information content (AvgIpc) is 3.98. The van der Waals surface area contributed by atoms with Crippen molar-refractivity contribution in [2.45, 2.75) is 0 Å². The summed E-state index contributed by atoms with van der Waals surface area (Å²) in [5, 5.41) is 4.04. The Morgan fingerprint density at radius 3 is 0.878 bits per heavy atom. The first kappa shape index (κ1) is 43.9. The number of para-hydroxylation sites is 6. The van der Waals surface area contributed by atoms with Crippen LogP contribution >= 0.6 is 0 Å². The lowest BCUT2D eigenvalue weighted by Gasteiger charge is -2.25. The van der Waals surface area contributed by atoms with Gasteiger partial charge in [0.1, 0.15) is 0 Å². The van der Waals surface area contributed by atoms with Crippen LogP contribution in [0.5, 0.6) is 0 Å². The van der Waals surface area contributed by atoms with Crippen molar-refractivity contribution < 1.29 is 9.59 Å². The highest BCUT2D eigenvalue weighted by molar-refractivity contribution is 6.19. The Balaban J connectivity index is 1.09. The standard InChI is InChI=1S/C68H46N4O2/c73-67(47-23-7-1-8-24-47)59-45-66(72-62-38-22-20-36-56(62)58-44-54(40-42-64(58)72)70(51-31-15-5-16-32-51)52-33-17-6-18-34-52)60(68(74)48-25-9-2-10-26-48)46-65(59)71-61-37-21-19-35-55(61)57-43-53(39-41-63(57)71)69(49-27-11-3-12-28-49)50-29-13-4-14-30-50/h1-46H. The lowest BCUT2D eigenvalue weighted by atomic mass is 9.94. The summed E-state index contributed by atoms with van der Waals surface area (Å²) in [5.74, 6) is -0.321. The molecule has 74 heavy (non-hydrogen) atoms. The van der Waals surface area contributed by atoms with E-state index in [0.29, 0.717) is 33.6 Å². The van der Waals surface area contributed by atoms with Crippen molar-refractivity contribution in [3.05, 3.63) is 301 Å².